The number of carbonyl (C=O) groups is 2. The van der Waals surface area contributed by atoms with Gasteiger partial charge >= 0.3 is 5.97 Å². The number of benzene rings is 3. The number of methoxy groups -OCH3 is 1. The molecule has 0 saturated carbocycles. The zero-order valence-electron chi connectivity index (χ0n) is 17.3. The highest BCUT2D eigenvalue weighted by molar-refractivity contribution is 6.37. The first-order chi connectivity index (χ1) is 15.4. The Bertz CT molecular complexity index is 1200. The fourth-order valence-electron chi connectivity index (χ4n) is 3.44. The molecule has 0 aliphatic carbocycles. The van der Waals surface area contributed by atoms with Crippen LogP contribution in [-0.4, -0.2) is 25.0 Å². The quantitative estimate of drug-likeness (QED) is 0.422. The number of carbonyl (C=O) groups excluding carboxylic acids is 2. The third-order valence-electron chi connectivity index (χ3n) is 5.10. The fraction of sp³-hybridized carbons (Fsp3) is 0.120. The molecule has 4 rings (SSSR count). The Kier molecular flexibility index (Phi) is 6.25. The van der Waals surface area contributed by atoms with Gasteiger partial charge in [-0.2, -0.15) is 0 Å². The van der Waals surface area contributed by atoms with E-state index >= 15 is 0 Å². The number of fused-ring (bicyclic) bond motifs is 1. The van der Waals surface area contributed by atoms with Crippen molar-refractivity contribution in [1.29, 1.82) is 0 Å². The van der Waals surface area contributed by atoms with Gasteiger partial charge in [-0.15, -0.1) is 0 Å². The van der Waals surface area contributed by atoms with Crippen molar-refractivity contribution in [2.24, 2.45) is 5.73 Å². The Balaban J connectivity index is 1.47. The molecule has 3 aromatic carbocycles. The van der Waals surface area contributed by atoms with E-state index in [1.807, 2.05) is 42.5 Å². The van der Waals surface area contributed by atoms with Gasteiger partial charge in [0.05, 0.1) is 12.1 Å². The van der Waals surface area contributed by atoms with E-state index in [1.165, 1.54) is 7.11 Å². The molecule has 6 nitrogen and oxygen atoms in total. The molecule has 7 heteroatoms. The lowest BCUT2D eigenvalue weighted by atomic mass is 10.0. The van der Waals surface area contributed by atoms with Crippen molar-refractivity contribution in [1.82, 2.24) is 0 Å². The second kappa shape index (κ2) is 9.26. The SMILES string of the molecule is COC(=O)[C@@H](N)Cc1ccc(Oc2ccc(C=C3C(=O)Nc4ccccc43)c(Cl)c2)cc1. The van der Waals surface area contributed by atoms with E-state index in [2.05, 4.69) is 10.1 Å². The molecular weight excluding hydrogens is 428 g/mol. The summed E-state index contributed by atoms with van der Waals surface area (Å²) in [5.41, 5.74) is 9.61. The van der Waals surface area contributed by atoms with Gasteiger partial charge in [-0.25, -0.2) is 0 Å². The molecule has 1 aliphatic heterocycles. The number of halogens is 1. The lowest BCUT2D eigenvalue weighted by Crippen LogP contribution is -2.33. The minimum Gasteiger partial charge on any atom is -0.468 e. The molecule has 1 aliphatic rings. The molecule has 0 radical (unpaired) electrons. The highest BCUT2D eigenvalue weighted by atomic mass is 35.5. The number of nitrogens with two attached hydrogens (primary N) is 1. The molecular formula is C25H21ClN2O4. The van der Waals surface area contributed by atoms with Gasteiger partial charge in [0.15, 0.2) is 0 Å². The van der Waals surface area contributed by atoms with Crippen LogP contribution in [0.1, 0.15) is 16.7 Å². The van der Waals surface area contributed by atoms with Crippen LogP contribution in [0, 0.1) is 0 Å². The molecule has 162 valence electrons. The summed E-state index contributed by atoms with van der Waals surface area (Å²) in [6.07, 6.45) is 2.14. The Hall–Kier alpha value is -3.61. The second-order valence-corrected chi connectivity index (χ2v) is 7.73. The van der Waals surface area contributed by atoms with Gasteiger partial charge in [-0.05, 0) is 60.0 Å². The Morgan fingerprint density at radius 1 is 1.09 bits per heavy atom. The summed E-state index contributed by atoms with van der Waals surface area (Å²) in [6, 6.07) is 19.4. The fourth-order valence-corrected chi connectivity index (χ4v) is 3.67. The molecule has 1 atom stereocenters. The molecule has 1 heterocycles. The zero-order valence-corrected chi connectivity index (χ0v) is 18.1. The summed E-state index contributed by atoms with van der Waals surface area (Å²) in [4.78, 5) is 23.8. The summed E-state index contributed by atoms with van der Waals surface area (Å²) < 4.78 is 10.5. The van der Waals surface area contributed by atoms with Gasteiger partial charge < -0.3 is 20.5 Å². The van der Waals surface area contributed by atoms with Gasteiger partial charge in [0.2, 0.25) is 0 Å². The van der Waals surface area contributed by atoms with E-state index in [-0.39, 0.29) is 5.91 Å². The van der Waals surface area contributed by atoms with Gasteiger partial charge in [-0.3, -0.25) is 9.59 Å². The number of ether oxygens (including phenoxy) is 2. The minimum atomic E-state index is -0.707. The third kappa shape index (κ3) is 4.66. The number of esters is 1. The van der Waals surface area contributed by atoms with E-state index in [0.717, 1.165) is 16.8 Å². The molecule has 1 amide bonds. The van der Waals surface area contributed by atoms with Crippen LogP contribution in [0.4, 0.5) is 5.69 Å². The molecule has 0 unspecified atom stereocenters. The third-order valence-corrected chi connectivity index (χ3v) is 5.43. The van der Waals surface area contributed by atoms with Crippen LogP contribution >= 0.6 is 11.6 Å². The first-order valence-electron chi connectivity index (χ1n) is 9.97. The first-order valence-corrected chi connectivity index (χ1v) is 10.3. The highest BCUT2D eigenvalue weighted by Crippen LogP contribution is 2.35. The zero-order chi connectivity index (χ0) is 22.7. The molecule has 0 saturated heterocycles. The van der Waals surface area contributed by atoms with E-state index in [1.54, 1.807) is 30.3 Å². The van der Waals surface area contributed by atoms with Crippen molar-refractivity contribution in [3.05, 3.63) is 88.4 Å². The van der Waals surface area contributed by atoms with Crippen molar-refractivity contribution < 1.29 is 19.1 Å². The number of rotatable bonds is 6. The average molecular weight is 449 g/mol. The topological polar surface area (TPSA) is 90.7 Å². The van der Waals surface area contributed by atoms with Crippen LogP contribution in [-0.2, 0) is 20.7 Å². The van der Waals surface area contributed by atoms with Crippen LogP contribution in [0.3, 0.4) is 0 Å². The monoisotopic (exact) mass is 448 g/mol. The van der Waals surface area contributed by atoms with Crippen molar-refractivity contribution >= 4 is 40.8 Å². The van der Waals surface area contributed by atoms with Gasteiger partial charge in [0, 0.05) is 16.8 Å². The number of anilines is 1. The standard InChI is InChI=1S/C25H21ClN2O4/c1-31-25(30)22(27)12-15-6-9-17(10-7-15)32-18-11-8-16(21(26)14-18)13-20-19-4-2-3-5-23(19)28-24(20)29/h2-11,13-14,22H,12,27H2,1H3,(H,28,29)/t22-/m0/s1. The number of hydrogen-bond donors (Lipinski definition) is 2. The van der Waals surface area contributed by atoms with E-state index in [0.29, 0.717) is 34.1 Å². The van der Waals surface area contributed by atoms with Crippen LogP contribution in [0.25, 0.3) is 11.6 Å². The van der Waals surface area contributed by atoms with E-state index < -0.39 is 12.0 Å². The summed E-state index contributed by atoms with van der Waals surface area (Å²) in [5, 5.41) is 3.31. The predicted molar refractivity (Wildman–Crippen MR) is 125 cm³/mol. The molecule has 3 N–H and O–H groups in total. The van der Waals surface area contributed by atoms with Crippen molar-refractivity contribution in [2.75, 3.05) is 12.4 Å². The Morgan fingerprint density at radius 2 is 1.81 bits per heavy atom. The maximum Gasteiger partial charge on any atom is 0.322 e. The summed E-state index contributed by atoms with van der Waals surface area (Å²) in [7, 11) is 1.31. The molecule has 0 spiro atoms. The first kappa shape index (κ1) is 21.6. The lowest BCUT2D eigenvalue weighted by molar-refractivity contribution is -0.142. The largest absolute Gasteiger partial charge is 0.468 e. The number of para-hydroxylation sites is 1. The Labute approximate surface area is 190 Å². The number of hydrogen-bond acceptors (Lipinski definition) is 5. The van der Waals surface area contributed by atoms with Crippen LogP contribution < -0.4 is 15.8 Å². The van der Waals surface area contributed by atoms with E-state index in [9.17, 15) is 9.59 Å². The van der Waals surface area contributed by atoms with Crippen molar-refractivity contribution in [3.8, 4) is 11.5 Å². The minimum absolute atomic E-state index is 0.158. The maximum absolute atomic E-state index is 12.3. The summed E-state index contributed by atoms with van der Waals surface area (Å²) >= 11 is 6.46. The lowest BCUT2D eigenvalue weighted by Gasteiger charge is -2.11. The van der Waals surface area contributed by atoms with Gasteiger partial charge in [-0.1, -0.05) is 41.9 Å². The smallest absolute Gasteiger partial charge is 0.322 e. The van der Waals surface area contributed by atoms with E-state index in [4.69, 9.17) is 22.1 Å². The number of amides is 1. The molecule has 0 aromatic heterocycles. The molecule has 3 aromatic rings. The van der Waals surface area contributed by atoms with Crippen molar-refractivity contribution in [2.45, 2.75) is 12.5 Å². The van der Waals surface area contributed by atoms with Gasteiger partial charge in [0.1, 0.15) is 17.5 Å². The summed E-state index contributed by atoms with van der Waals surface area (Å²) in [6.45, 7) is 0. The summed E-state index contributed by atoms with van der Waals surface area (Å²) in [5.74, 6) is 0.572. The van der Waals surface area contributed by atoms with Crippen LogP contribution in [0.15, 0.2) is 66.7 Å². The van der Waals surface area contributed by atoms with Crippen LogP contribution in [0.5, 0.6) is 11.5 Å². The second-order valence-electron chi connectivity index (χ2n) is 7.32. The maximum atomic E-state index is 12.3. The normalized spacial score (nSPS) is 14.6. The molecule has 0 bridgehead atoms. The number of nitrogens with one attached hydrogen (secondary N) is 1. The van der Waals surface area contributed by atoms with Gasteiger partial charge in [0.25, 0.3) is 5.91 Å². The predicted octanol–water partition coefficient (Wildman–Crippen LogP) is 4.67. The molecule has 32 heavy (non-hydrogen) atoms. The highest BCUT2D eigenvalue weighted by Gasteiger charge is 2.23. The molecule has 0 fully saturated rings. The van der Waals surface area contributed by atoms with Crippen molar-refractivity contribution in [3.63, 3.8) is 0 Å². The Morgan fingerprint density at radius 3 is 2.53 bits per heavy atom. The van der Waals surface area contributed by atoms with Crippen LogP contribution in [0.2, 0.25) is 5.02 Å². The average Bonchev–Trinajstić information content (AvgIpc) is 3.11.